The van der Waals surface area contributed by atoms with E-state index in [1.807, 2.05) is 42.1 Å². The molecular formula is C17H16FN3S. The quantitative estimate of drug-likeness (QED) is 0.844. The van der Waals surface area contributed by atoms with E-state index in [-0.39, 0.29) is 17.9 Å². The summed E-state index contributed by atoms with van der Waals surface area (Å²) in [6.07, 6.45) is 1.80. The molecule has 22 heavy (non-hydrogen) atoms. The Hall–Kier alpha value is -1.88. The van der Waals surface area contributed by atoms with Crippen LogP contribution in [0.15, 0.2) is 53.7 Å². The summed E-state index contributed by atoms with van der Waals surface area (Å²) in [4.78, 5) is 11.7. The molecule has 1 saturated heterocycles. The van der Waals surface area contributed by atoms with E-state index < -0.39 is 0 Å². The molecule has 2 aliphatic heterocycles. The van der Waals surface area contributed by atoms with Crippen molar-refractivity contribution in [3.63, 3.8) is 0 Å². The number of hydrogen-bond acceptors (Lipinski definition) is 4. The molecule has 0 radical (unpaired) electrons. The van der Waals surface area contributed by atoms with E-state index >= 15 is 0 Å². The molecule has 2 aromatic rings. The third-order valence-electron chi connectivity index (χ3n) is 4.09. The topological polar surface area (TPSA) is 28.5 Å². The van der Waals surface area contributed by atoms with Crippen molar-refractivity contribution in [2.75, 3.05) is 6.54 Å². The fourth-order valence-electron chi connectivity index (χ4n) is 3.14. The SMILES string of the molecule is CC1CN2C(=NC(c3ccccn3)C2c2ccc(F)cc2)S1. The molecule has 4 rings (SSSR count). The van der Waals surface area contributed by atoms with Gasteiger partial charge in [0.15, 0.2) is 5.17 Å². The Morgan fingerprint density at radius 2 is 2.00 bits per heavy atom. The van der Waals surface area contributed by atoms with Crippen molar-refractivity contribution in [1.29, 1.82) is 0 Å². The van der Waals surface area contributed by atoms with Crippen LogP contribution in [0.25, 0.3) is 0 Å². The summed E-state index contributed by atoms with van der Waals surface area (Å²) in [6, 6.07) is 12.8. The first-order valence-corrected chi connectivity index (χ1v) is 8.28. The van der Waals surface area contributed by atoms with Gasteiger partial charge in [0.25, 0.3) is 0 Å². The van der Waals surface area contributed by atoms with Gasteiger partial charge in [-0.3, -0.25) is 9.98 Å². The molecule has 1 fully saturated rings. The predicted molar refractivity (Wildman–Crippen MR) is 87.3 cm³/mol. The van der Waals surface area contributed by atoms with Crippen LogP contribution in [-0.4, -0.2) is 26.8 Å². The van der Waals surface area contributed by atoms with Crippen LogP contribution >= 0.6 is 11.8 Å². The van der Waals surface area contributed by atoms with E-state index in [0.29, 0.717) is 5.25 Å². The van der Waals surface area contributed by atoms with Crippen LogP contribution in [-0.2, 0) is 0 Å². The summed E-state index contributed by atoms with van der Waals surface area (Å²) in [5.74, 6) is -0.207. The highest BCUT2D eigenvalue weighted by Gasteiger charge is 2.43. The minimum Gasteiger partial charge on any atom is -0.341 e. The lowest BCUT2D eigenvalue weighted by atomic mass is 9.96. The molecule has 3 atom stereocenters. The summed E-state index contributed by atoms with van der Waals surface area (Å²) in [6.45, 7) is 3.18. The molecule has 3 heterocycles. The highest BCUT2D eigenvalue weighted by atomic mass is 32.2. The van der Waals surface area contributed by atoms with Crippen molar-refractivity contribution in [3.05, 3.63) is 65.7 Å². The van der Waals surface area contributed by atoms with Gasteiger partial charge in [0.2, 0.25) is 0 Å². The van der Waals surface area contributed by atoms with Crippen LogP contribution in [0.3, 0.4) is 0 Å². The smallest absolute Gasteiger partial charge is 0.160 e. The number of pyridine rings is 1. The fourth-order valence-corrected chi connectivity index (χ4v) is 4.23. The molecular weight excluding hydrogens is 297 g/mol. The first-order chi connectivity index (χ1) is 10.7. The molecule has 0 aliphatic carbocycles. The van der Waals surface area contributed by atoms with Gasteiger partial charge in [-0.05, 0) is 29.8 Å². The van der Waals surface area contributed by atoms with Gasteiger partial charge >= 0.3 is 0 Å². The normalized spacial score (nSPS) is 26.9. The van der Waals surface area contributed by atoms with Gasteiger partial charge in [-0.25, -0.2) is 4.39 Å². The molecule has 112 valence electrons. The van der Waals surface area contributed by atoms with Crippen LogP contribution in [0.5, 0.6) is 0 Å². The molecule has 3 nitrogen and oxygen atoms in total. The maximum Gasteiger partial charge on any atom is 0.160 e. The van der Waals surface area contributed by atoms with Crippen LogP contribution in [0.4, 0.5) is 4.39 Å². The van der Waals surface area contributed by atoms with Gasteiger partial charge in [-0.15, -0.1) is 0 Å². The van der Waals surface area contributed by atoms with Crippen molar-refractivity contribution in [3.8, 4) is 0 Å². The number of hydrogen-bond donors (Lipinski definition) is 0. The van der Waals surface area contributed by atoms with Gasteiger partial charge in [-0.1, -0.05) is 36.9 Å². The summed E-state index contributed by atoms with van der Waals surface area (Å²) >= 11 is 1.81. The third kappa shape index (κ3) is 2.29. The van der Waals surface area contributed by atoms with E-state index in [1.165, 1.54) is 12.1 Å². The largest absolute Gasteiger partial charge is 0.341 e. The van der Waals surface area contributed by atoms with Crippen molar-refractivity contribution in [2.24, 2.45) is 4.99 Å². The number of fused-ring (bicyclic) bond motifs is 1. The second-order valence-corrected chi connectivity index (χ2v) is 7.09. The Bertz CT molecular complexity index is 702. The molecule has 0 N–H and O–H groups in total. The molecule has 0 bridgehead atoms. The first-order valence-electron chi connectivity index (χ1n) is 7.40. The van der Waals surface area contributed by atoms with E-state index in [4.69, 9.17) is 4.99 Å². The number of rotatable bonds is 2. The standard InChI is InChI=1S/C17H16FN3S/c1-11-10-21-16(12-5-7-13(18)8-6-12)15(20-17(21)22-11)14-4-2-3-9-19-14/h2-9,11,15-16H,10H2,1H3. The first kappa shape index (κ1) is 13.8. The van der Waals surface area contributed by atoms with E-state index in [9.17, 15) is 4.39 Å². The van der Waals surface area contributed by atoms with Gasteiger partial charge in [0.1, 0.15) is 11.9 Å². The lowest BCUT2D eigenvalue weighted by Gasteiger charge is -2.27. The van der Waals surface area contributed by atoms with Crippen molar-refractivity contribution in [1.82, 2.24) is 9.88 Å². The molecule has 1 aromatic heterocycles. The molecule has 0 saturated carbocycles. The van der Waals surface area contributed by atoms with Gasteiger partial charge < -0.3 is 4.90 Å². The molecule has 5 heteroatoms. The van der Waals surface area contributed by atoms with Crippen molar-refractivity contribution < 1.29 is 4.39 Å². The zero-order valence-corrected chi connectivity index (χ0v) is 13.0. The van der Waals surface area contributed by atoms with Gasteiger partial charge in [-0.2, -0.15) is 0 Å². The van der Waals surface area contributed by atoms with E-state index in [0.717, 1.165) is 23.0 Å². The van der Waals surface area contributed by atoms with Crippen molar-refractivity contribution >= 4 is 16.9 Å². The Labute approximate surface area is 133 Å². The van der Waals surface area contributed by atoms with Crippen LogP contribution in [0.1, 0.15) is 30.3 Å². The zero-order chi connectivity index (χ0) is 15.1. The molecule has 2 aliphatic rings. The maximum atomic E-state index is 13.3. The minimum absolute atomic E-state index is 0.0262. The summed E-state index contributed by atoms with van der Waals surface area (Å²) in [7, 11) is 0. The number of amidine groups is 1. The molecule has 0 amide bonds. The summed E-state index contributed by atoms with van der Waals surface area (Å²) < 4.78 is 13.3. The fraction of sp³-hybridized carbons (Fsp3) is 0.294. The number of benzene rings is 1. The number of halogens is 1. The number of thioether (sulfide) groups is 1. The lowest BCUT2D eigenvalue weighted by Crippen LogP contribution is -2.28. The third-order valence-corrected chi connectivity index (χ3v) is 5.19. The van der Waals surface area contributed by atoms with E-state index in [1.54, 1.807) is 6.20 Å². The highest BCUT2D eigenvalue weighted by Crippen LogP contribution is 2.47. The van der Waals surface area contributed by atoms with E-state index in [2.05, 4.69) is 16.8 Å². The second kappa shape index (κ2) is 5.39. The molecule has 1 aromatic carbocycles. The van der Waals surface area contributed by atoms with Gasteiger partial charge in [0.05, 0.1) is 11.7 Å². The van der Waals surface area contributed by atoms with Crippen LogP contribution < -0.4 is 0 Å². The van der Waals surface area contributed by atoms with Crippen molar-refractivity contribution in [2.45, 2.75) is 24.3 Å². The molecule has 3 unspecified atom stereocenters. The van der Waals surface area contributed by atoms with Crippen LogP contribution in [0, 0.1) is 5.82 Å². The Balaban J connectivity index is 1.76. The lowest BCUT2D eigenvalue weighted by molar-refractivity contribution is 0.321. The highest BCUT2D eigenvalue weighted by molar-refractivity contribution is 8.14. The number of nitrogens with zero attached hydrogens (tertiary/aromatic N) is 3. The van der Waals surface area contributed by atoms with Gasteiger partial charge in [0, 0.05) is 18.0 Å². The Morgan fingerprint density at radius 3 is 2.73 bits per heavy atom. The van der Waals surface area contributed by atoms with Crippen LogP contribution in [0.2, 0.25) is 0 Å². The average Bonchev–Trinajstić information content (AvgIpc) is 3.05. The average molecular weight is 313 g/mol. The summed E-state index contributed by atoms with van der Waals surface area (Å²) in [5, 5.41) is 1.61. The molecule has 0 spiro atoms. The number of aromatic nitrogens is 1. The summed E-state index contributed by atoms with van der Waals surface area (Å²) in [5.41, 5.74) is 2.05. The Kier molecular flexibility index (Phi) is 3.37. The predicted octanol–water partition coefficient (Wildman–Crippen LogP) is 3.81. The minimum atomic E-state index is -0.207. The monoisotopic (exact) mass is 313 g/mol. The second-order valence-electron chi connectivity index (χ2n) is 5.69. The zero-order valence-electron chi connectivity index (χ0n) is 12.2. The maximum absolute atomic E-state index is 13.3. The number of aliphatic imine (C=N–C) groups is 1. The Morgan fingerprint density at radius 1 is 1.18 bits per heavy atom.